The van der Waals surface area contributed by atoms with Gasteiger partial charge in [-0.25, -0.2) is 17.5 Å². The summed E-state index contributed by atoms with van der Waals surface area (Å²) in [5, 5.41) is 10.1. The van der Waals surface area contributed by atoms with Crippen molar-refractivity contribution < 1.29 is 17.9 Å². The second-order valence-corrected chi connectivity index (χ2v) is 7.78. The van der Waals surface area contributed by atoms with Crippen molar-refractivity contribution in [1.82, 2.24) is 4.72 Å². The minimum atomic E-state index is -3.86. The highest BCUT2D eigenvalue weighted by atomic mass is 32.2. The zero-order valence-corrected chi connectivity index (χ0v) is 13.5. The van der Waals surface area contributed by atoms with E-state index in [9.17, 15) is 17.9 Å². The molecule has 114 valence electrons. The second kappa shape index (κ2) is 5.09. The van der Waals surface area contributed by atoms with Gasteiger partial charge in [0.2, 0.25) is 10.0 Å². The number of hydrogen-bond acceptors (Lipinski definition) is 3. The van der Waals surface area contributed by atoms with Crippen LogP contribution in [0.2, 0.25) is 0 Å². The fourth-order valence-corrected chi connectivity index (χ4v) is 3.82. The molecule has 20 heavy (non-hydrogen) atoms. The Balaban J connectivity index is 3.34. The van der Waals surface area contributed by atoms with E-state index in [1.165, 1.54) is 26.0 Å². The summed E-state index contributed by atoms with van der Waals surface area (Å²) < 4.78 is 40.8. The number of rotatable bonds is 4. The highest BCUT2D eigenvalue weighted by Gasteiger charge is 2.39. The molecule has 0 aromatic heterocycles. The Hall–Kier alpha value is -0.980. The highest BCUT2D eigenvalue weighted by molar-refractivity contribution is 7.89. The molecule has 6 heteroatoms. The van der Waals surface area contributed by atoms with Crippen molar-refractivity contribution in [3.05, 3.63) is 29.1 Å². The molecule has 0 saturated carbocycles. The first-order chi connectivity index (χ1) is 8.78. The maximum atomic E-state index is 13.3. The summed E-state index contributed by atoms with van der Waals surface area (Å²) in [7, 11) is -3.86. The summed E-state index contributed by atoms with van der Waals surface area (Å²) in [6.07, 6.45) is 0. The molecule has 2 N–H and O–H groups in total. The lowest BCUT2D eigenvalue weighted by Crippen LogP contribution is -2.57. The van der Waals surface area contributed by atoms with E-state index < -0.39 is 27.0 Å². The van der Waals surface area contributed by atoms with Crippen LogP contribution >= 0.6 is 0 Å². The van der Waals surface area contributed by atoms with E-state index in [2.05, 4.69) is 4.72 Å². The van der Waals surface area contributed by atoms with Crippen molar-refractivity contribution in [2.45, 2.75) is 57.6 Å². The lowest BCUT2D eigenvalue weighted by atomic mass is 9.87. The summed E-state index contributed by atoms with van der Waals surface area (Å²) in [4.78, 5) is 0.0521. The van der Waals surface area contributed by atoms with Crippen LogP contribution in [0.4, 0.5) is 4.39 Å². The summed E-state index contributed by atoms with van der Waals surface area (Å²) in [6.45, 7) is 9.33. The number of sulfonamides is 1. The van der Waals surface area contributed by atoms with Crippen molar-refractivity contribution in [1.29, 1.82) is 0 Å². The molecule has 0 atom stereocenters. The third-order valence-electron chi connectivity index (χ3n) is 3.61. The van der Waals surface area contributed by atoms with Gasteiger partial charge in [-0.05, 0) is 64.8 Å². The van der Waals surface area contributed by atoms with Gasteiger partial charge in [-0.2, -0.15) is 0 Å². The van der Waals surface area contributed by atoms with Crippen LogP contribution in [0.3, 0.4) is 0 Å². The van der Waals surface area contributed by atoms with Gasteiger partial charge in [-0.1, -0.05) is 0 Å². The Morgan fingerprint density at radius 2 is 1.50 bits per heavy atom. The Morgan fingerprint density at radius 3 is 1.85 bits per heavy atom. The summed E-state index contributed by atoms with van der Waals surface area (Å²) >= 11 is 0. The first-order valence-corrected chi connectivity index (χ1v) is 7.79. The van der Waals surface area contributed by atoms with Crippen LogP contribution in [0.5, 0.6) is 0 Å². The van der Waals surface area contributed by atoms with Crippen molar-refractivity contribution in [3.63, 3.8) is 0 Å². The molecule has 0 saturated heterocycles. The molecule has 0 spiro atoms. The lowest BCUT2D eigenvalue weighted by Gasteiger charge is -2.37. The van der Waals surface area contributed by atoms with Crippen LogP contribution in [0.15, 0.2) is 17.0 Å². The quantitative estimate of drug-likeness (QED) is 0.896. The predicted octanol–water partition coefficient (Wildman–Crippen LogP) is 2.27. The van der Waals surface area contributed by atoms with Gasteiger partial charge in [-0.3, -0.25) is 0 Å². The Morgan fingerprint density at radius 1 is 1.10 bits per heavy atom. The average Bonchev–Trinajstić information content (AvgIpc) is 2.09. The molecule has 0 aliphatic rings. The fraction of sp³-hybridized carbons (Fsp3) is 0.571. The minimum Gasteiger partial charge on any atom is -0.389 e. The average molecular weight is 303 g/mol. The predicted molar refractivity (Wildman–Crippen MR) is 76.6 cm³/mol. The molecule has 0 radical (unpaired) electrons. The normalized spacial score (nSPS) is 13.6. The number of hydrogen-bond donors (Lipinski definition) is 2. The summed E-state index contributed by atoms with van der Waals surface area (Å²) in [5.74, 6) is -0.472. The molecular weight excluding hydrogens is 281 g/mol. The van der Waals surface area contributed by atoms with E-state index in [4.69, 9.17) is 0 Å². The third-order valence-corrected chi connectivity index (χ3v) is 5.57. The number of nitrogens with one attached hydrogen (secondary N) is 1. The standard InChI is InChI=1S/C14H22FNO3S/c1-9-7-11(15)8-10(2)12(9)20(18,19)16-13(3,4)14(5,6)17/h7-8,16-17H,1-6H3. The van der Waals surface area contributed by atoms with Gasteiger partial charge in [-0.15, -0.1) is 0 Å². The van der Waals surface area contributed by atoms with Crippen LogP contribution in [0, 0.1) is 19.7 Å². The fourth-order valence-electron chi connectivity index (χ4n) is 1.83. The summed E-state index contributed by atoms with van der Waals surface area (Å²) in [6, 6.07) is 2.36. The zero-order chi connectivity index (χ0) is 15.9. The molecule has 0 fully saturated rings. The van der Waals surface area contributed by atoms with Gasteiger partial charge in [0.1, 0.15) is 5.82 Å². The van der Waals surface area contributed by atoms with Gasteiger partial charge in [0.05, 0.1) is 16.0 Å². The minimum absolute atomic E-state index is 0.0521. The van der Waals surface area contributed by atoms with E-state index in [0.29, 0.717) is 11.1 Å². The Kier molecular flexibility index (Phi) is 4.35. The molecule has 0 aliphatic heterocycles. The molecule has 4 nitrogen and oxygen atoms in total. The van der Waals surface area contributed by atoms with E-state index in [-0.39, 0.29) is 4.90 Å². The Labute approximate surface area is 120 Å². The van der Waals surface area contributed by atoms with E-state index in [1.807, 2.05) is 0 Å². The smallest absolute Gasteiger partial charge is 0.241 e. The second-order valence-electron chi connectivity index (χ2n) is 6.16. The zero-order valence-electron chi connectivity index (χ0n) is 12.7. The molecule has 0 aliphatic carbocycles. The van der Waals surface area contributed by atoms with Gasteiger partial charge in [0.25, 0.3) is 0 Å². The molecule has 0 amide bonds. The van der Waals surface area contributed by atoms with Crippen LogP contribution in [-0.4, -0.2) is 24.7 Å². The van der Waals surface area contributed by atoms with Crippen molar-refractivity contribution in [2.75, 3.05) is 0 Å². The van der Waals surface area contributed by atoms with Gasteiger partial charge >= 0.3 is 0 Å². The number of benzene rings is 1. The van der Waals surface area contributed by atoms with Crippen molar-refractivity contribution in [2.24, 2.45) is 0 Å². The molecular formula is C14H22FNO3S. The molecule has 1 aromatic rings. The third kappa shape index (κ3) is 3.37. The molecule has 1 rings (SSSR count). The van der Waals surface area contributed by atoms with Crippen molar-refractivity contribution in [3.8, 4) is 0 Å². The molecule has 0 bridgehead atoms. The van der Waals surface area contributed by atoms with Crippen LogP contribution in [-0.2, 0) is 10.0 Å². The maximum absolute atomic E-state index is 13.3. The summed E-state index contributed by atoms with van der Waals surface area (Å²) in [5.41, 5.74) is -1.65. The number of halogens is 1. The molecule has 0 heterocycles. The highest BCUT2D eigenvalue weighted by Crippen LogP contribution is 2.26. The molecule has 1 aromatic carbocycles. The lowest BCUT2D eigenvalue weighted by molar-refractivity contribution is 0.00637. The Bertz CT molecular complexity index is 593. The number of aryl methyl sites for hydroxylation is 2. The monoisotopic (exact) mass is 303 g/mol. The van der Waals surface area contributed by atoms with Crippen molar-refractivity contribution >= 4 is 10.0 Å². The number of aliphatic hydroxyl groups is 1. The first kappa shape index (κ1) is 17.1. The van der Waals surface area contributed by atoms with Gasteiger partial charge < -0.3 is 5.11 Å². The van der Waals surface area contributed by atoms with Crippen LogP contribution in [0.1, 0.15) is 38.8 Å². The van der Waals surface area contributed by atoms with E-state index in [0.717, 1.165) is 0 Å². The first-order valence-electron chi connectivity index (χ1n) is 6.31. The maximum Gasteiger partial charge on any atom is 0.241 e. The van der Waals surface area contributed by atoms with Gasteiger partial charge in [0, 0.05) is 0 Å². The van der Waals surface area contributed by atoms with Crippen LogP contribution in [0.25, 0.3) is 0 Å². The topological polar surface area (TPSA) is 66.4 Å². The SMILES string of the molecule is Cc1cc(F)cc(C)c1S(=O)(=O)NC(C)(C)C(C)(C)O. The van der Waals surface area contributed by atoms with E-state index in [1.54, 1.807) is 27.7 Å². The van der Waals surface area contributed by atoms with Crippen LogP contribution < -0.4 is 4.72 Å². The largest absolute Gasteiger partial charge is 0.389 e. The van der Waals surface area contributed by atoms with E-state index >= 15 is 0 Å². The molecule has 0 unspecified atom stereocenters. The van der Waals surface area contributed by atoms with Gasteiger partial charge in [0.15, 0.2) is 0 Å².